The van der Waals surface area contributed by atoms with Crippen molar-refractivity contribution in [1.82, 2.24) is 14.5 Å². The van der Waals surface area contributed by atoms with Crippen LogP contribution in [0.15, 0.2) is 53.4 Å². The lowest BCUT2D eigenvalue weighted by molar-refractivity contribution is -0.141. The zero-order valence-electron chi connectivity index (χ0n) is 21.9. The molecule has 1 N–H and O–H groups in total. The number of carbonyl (C=O) groups is 3. The van der Waals surface area contributed by atoms with E-state index in [0.29, 0.717) is 12.2 Å². The quantitative estimate of drug-likeness (QED) is 0.466. The van der Waals surface area contributed by atoms with Crippen LogP contribution in [-0.2, 0) is 26.2 Å². The molecular formula is C28H35N3O6S. The van der Waals surface area contributed by atoms with E-state index in [1.54, 1.807) is 36.3 Å². The van der Waals surface area contributed by atoms with Crippen molar-refractivity contribution in [3.05, 3.63) is 59.7 Å². The second-order valence-electron chi connectivity index (χ2n) is 9.77. The highest BCUT2D eigenvalue weighted by molar-refractivity contribution is 7.90. The standard InChI is InChI=1S/C28H35N3O6S/c1-3-24(27(33)29-21-9-4-5-10-21)30(19-20-14-16-22(37-2)17-15-20)26(32)13-8-18-31-28(34)23-11-6-7-12-25(23)38(31,35)36/h6-7,11-12,14-17,21,24H,3-5,8-10,13,18-19H2,1-2H3,(H,29,33)/t24-/m1/s1. The van der Waals surface area contributed by atoms with E-state index in [1.807, 2.05) is 19.1 Å². The maximum Gasteiger partial charge on any atom is 0.269 e. The van der Waals surface area contributed by atoms with Crippen LogP contribution >= 0.6 is 0 Å². The van der Waals surface area contributed by atoms with Gasteiger partial charge in [-0.3, -0.25) is 14.4 Å². The molecule has 0 unspecified atom stereocenters. The van der Waals surface area contributed by atoms with Gasteiger partial charge in [0.2, 0.25) is 11.8 Å². The number of hydrogen-bond donors (Lipinski definition) is 1. The van der Waals surface area contributed by atoms with Gasteiger partial charge in [-0.2, -0.15) is 0 Å². The molecule has 1 aliphatic heterocycles. The number of methoxy groups -OCH3 is 1. The van der Waals surface area contributed by atoms with Gasteiger partial charge in [0.1, 0.15) is 16.7 Å². The van der Waals surface area contributed by atoms with Crippen LogP contribution in [0.1, 0.15) is 67.8 Å². The van der Waals surface area contributed by atoms with Crippen LogP contribution in [0, 0.1) is 0 Å². The molecule has 1 heterocycles. The molecule has 2 aromatic rings. The van der Waals surface area contributed by atoms with Crippen molar-refractivity contribution in [2.45, 2.75) is 75.4 Å². The smallest absolute Gasteiger partial charge is 0.269 e. The minimum absolute atomic E-state index is 0.000984. The molecule has 0 radical (unpaired) electrons. The fraction of sp³-hybridized carbons (Fsp3) is 0.464. The van der Waals surface area contributed by atoms with Crippen molar-refractivity contribution < 1.29 is 27.5 Å². The van der Waals surface area contributed by atoms with Gasteiger partial charge >= 0.3 is 0 Å². The lowest BCUT2D eigenvalue weighted by atomic mass is 10.1. The number of carbonyl (C=O) groups excluding carboxylic acids is 3. The highest BCUT2D eigenvalue weighted by Crippen LogP contribution is 2.30. The minimum atomic E-state index is -3.93. The van der Waals surface area contributed by atoms with Gasteiger partial charge in [-0.05, 0) is 55.5 Å². The van der Waals surface area contributed by atoms with Gasteiger partial charge in [-0.25, -0.2) is 12.7 Å². The van der Waals surface area contributed by atoms with Crippen molar-refractivity contribution in [3.8, 4) is 5.75 Å². The van der Waals surface area contributed by atoms with E-state index < -0.39 is 22.0 Å². The lowest BCUT2D eigenvalue weighted by Crippen LogP contribution is -2.51. The van der Waals surface area contributed by atoms with Gasteiger partial charge < -0.3 is 15.0 Å². The largest absolute Gasteiger partial charge is 0.497 e. The summed E-state index contributed by atoms with van der Waals surface area (Å²) in [5, 5.41) is 3.11. The Balaban J connectivity index is 1.47. The molecule has 10 heteroatoms. The topological polar surface area (TPSA) is 113 Å². The Morgan fingerprint density at radius 1 is 1.11 bits per heavy atom. The van der Waals surface area contributed by atoms with Crippen LogP contribution in [0.25, 0.3) is 0 Å². The van der Waals surface area contributed by atoms with Crippen LogP contribution < -0.4 is 10.1 Å². The fourth-order valence-corrected chi connectivity index (χ4v) is 6.79. The molecule has 0 aromatic heterocycles. The third-order valence-electron chi connectivity index (χ3n) is 7.26. The number of nitrogens with zero attached hydrogens (tertiary/aromatic N) is 2. The van der Waals surface area contributed by atoms with Crippen LogP contribution in [0.4, 0.5) is 0 Å². The molecule has 4 rings (SSSR count). The van der Waals surface area contributed by atoms with E-state index in [9.17, 15) is 22.8 Å². The number of hydrogen-bond acceptors (Lipinski definition) is 6. The Morgan fingerprint density at radius 2 is 1.79 bits per heavy atom. The predicted molar refractivity (Wildman–Crippen MR) is 142 cm³/mol. The fourth-order valence-electron chi connectivity index (χ4n) is 5.18. The van der Waals surface area contributed by atoms with Gasteiger partial charge in [-0.15, -0.1) is 0 Å². The van der Waals surface area contributed by atoms with Crippen LogP contribution in [0.5, 0.6) is 5.75 Å². The van der Waals surface area contributed by atoms with Crippen molar-refractivity contribution >= 4 is 27.7 Å². The highest BCUT2D eigenvalue weighted by atomic mass is 32.2. The molecule has 0 spiro atoms. The van der Waals surface area contributed by atoms with E-state index in [0.717, 1.165) is 35.6 Å². The van der Waals surface area contributed by atoms with Gasteiger partial charge in [0, 0.05) is 25.6 Å². The van der Waals surface area contributed by atoms with Crippen LogP contribution in [-0.4, -0.2) is 61.1 Å². The first kappa shape index (κ1) is 27.6. The van der Waals surface area contributed by atoms with E-state index in [-0.39, 0.29) is 54.2 Å². The van der Waals surface area contributed by atoms with Crippen molar-refractivity contribution in [1.29, 1.82) is 0 Å². The number of benzene rings is 2. The SMILES string of the molecule is CC[C@H](C(=O)NC1CCCC1)N(Cc1ccc(OC)cc1)C(=O)CCCN1C(=O)c2ccccc2S1(=O)=O. The molecule has 1 atom stereocenters. The Morgan fingerprint density at radius 3 is 2.42 bits per heavy atom. The normalized spacial score (nSPS) is 17.2. The molecule has 1 aliphatic carbocycles. The Kier molecular flexibility index (Phi) is 8.71. The average Bonchev–Trinajstić information content (AvgIpc) is 3.49. The van der Waals surface area contributed by atoms with Crippen molar-refractivity contribution in [2.24, 2.45) is 0 Å². The zero-order valence-corrected chi connectivity index (χ0v) is 22.7. The van der Waals surface area contributed by atoms with Gasteiger partial charge in [-0.1, -0.05) is 44.0 Å². The highest BCUT2D eigenvalue weighted by Gasteiger charge is 2.40. The maximum absolute atomic E-state index is 13.5. The molecule has 1 fully saturated rings. The summed E-state index contributed by atoms with van der Waals surface area (Å²) in [4.78, 5) is 41.0. The van der Waals surface area contributed by atoms with E-state index in [1.165, 1.54) is 12.1 Å². The summed E-state index contributed by atoms with van der Waals surface area (Å²) in [5.41, 5.74) is 0.994. The first-order valence-electron chi connectivity index (χ1n) is 13.1. The summed E-state index contributed by atoms with van der Waals surface area (Å²) in [6.07, 6.45) is 4.63. The van der Waals surface area contributed by atoms with Crippen molar-refractivity contribution in [2.75, 3.05) is 13.7 Å². The molecule has 3 amide bonds. The van der Waals surface area contributed by atoms with E-state index in [4.69, 9.17) is 4.74 Å². The number of nitrogens with one attached hydrogen (secondary N) is 1. The van der Waals surface area contributed by atoms with Crippen LogP contribution in [0.2, 0.25) is 0 Å². The second-order valence-corrected chi connectivity index (χ2v) is 11.6. The number of sulfonamides is 1. The summed E-state index contributed by atoms with van der Waals surface area (Å²) in [5.74, 6) is -0.328. The third-order valence-corrected chi connectivity index (χ3v) is 9.10. The van der Waals surface area contributed by atoms with E-state index >= 15 is 0 Å². The molecular weight excluding hydrogens is 506 g/mol. The molecule has 1 saturated carbocycles. The summed E-state index contributed by atoms with van der Waals surface area (Å²) in [6.45, 7) is 1.99. The van der Waals surface area contributed by atoms with Gasteiger partial charge in [0.25, 0.3) is 15.9 Å². The lowest BCUT2D eigenvalue weighted by Gasteiger charge is -2.32. The first-order chi connectivity index (χ1) is 18.3. The Bertz CT molecular complexity index is 1270. The third kappa shape index (κ3) is 5.85. The summed E-state index contributed by atoms with van der Waals surface area (Å²) < 4.78 is 31.8. The molecule has 38 heavy (non-hydrogen) atoms. The minimum Gasteiger partial charge on any atom is -0.497 e. The van der Waals surface area contributed by atoms with E-state index in [2.05, 4.69) is 5.32 Å². The van der Waals surface area contributed by atoms with Gasteiger partial charge in [0.05, 0.1) is 12.7 Å². The van der Waals surface area contributed by atoms with Crippen molar-refractivity contribution in [3.63, 3.8) is 0 Å². The number of amides is 3. The summed E-state index contributed by atoms with van der Waals surface area (Å²) >= 11 is 0. The van der Waals surface area contributed by atoms with Gasteiger partial charge in [0.15, 0.2) is 0 Å². The number of rotatable bonds is 11. The molecule has 0 bridgehead atoms. The predicted octanol–water partition coefficient (Wildman–Crippen LogP) is 3.49. The zero-order chi connectivity index (χ0) is 27.3. The number of fused-ring (bicyclic) bond motifs is 1. The monoisotopic (exact) mass is 541 g/mol. The molecule has 204 valence electrons. The molecule has 0 saturated heterocycles. The van der Waals surface area contributed by atoms with Crippen LogP contribution in [0.3, 0.4) is 0 Å². The second kappa shape index (κ2) is 12.0. The Labute approximate surface area is 224 Å². The molecule has 2 aliphatic rings. The molecule has 9 nitrogen and oxygen atoms in total. The Hall–Kier alpha value is -3.40. The summed E-state index contributed by atoms with van der Waals surface area (Å²) in [7, 11) is -2.36. The maximum atomic E-state index is 13.5. The number of ether oxygens (including phenoxy) is 1. The summed E-state index contributed by atoms with van der Waals surface area (Å²) in [6, 6.07) is 12.9. The first-order valence-corrected chi connectivity index (χ1v) is 14.6. The average molecular weight is 542 g/mol. The molecule has 2 aromatic carbocycles.